The molecule has 0 aromatic heterocycles. The van der Waals surface area contributed by atoms with Crippen molar-refractivity contribution in [2.45, 2.75) is 0 Å². The molecule has 0 heterocycles. The first-order valence-electron chi connectivity index (χ1n) is 6.75. The van der Waals surface area contributed by atoms with Crippen LogP contribution in [0.4, 0.5) is 0 Å². The van der Waals surface area contributed by atoms with E-state index in [0.29, 0.717) is 0 Å². The average molecular weight is 256 g/mol. The summed E-state index contributed by atoms with van der Waals surface area (Å²) in [5, 5.41) is 0. The van der Waals surface area contributed by atoms with Gasteiger partial charge in [-0.3, -0.25) is 0 Å². The molecule has 0 radical (unpaired) electrons. The number of hydrogen-bond acceptors (Lipinski definition) is 0. The van der Waals surface area contributed by atoms with Gasteiger partial charge in [-0.2, -0.15) is 0 Å². The fraction of sp³-hybridized carbons (Fsp3) is 0. The third-order valence-corrected chi connectivity index (χ3v) is 3.41. The molecule has 3 aromatic carbocycles. The topological polar surface area (TPSA) is 0 Å². The number of benzene rings is 3. The van der Waals surface area contributed by atoms with Crippen molar-refractivity contribution >= 4 is 6.08 Å². The largest absolute Gasteiger partial charge is 0.0985 e. The molecule has 96 valence electrons. The first-order valence-corrected chi connectivity index (χ1v) is 6.75. The Morgan fingerprint density at radius 2 is 1.00 bits per heavy atom. The molecule has 0 aliphatic heterocycles. The molecular formula is C20H16. The minimum Gasteiger partial charge on any atom is -0.0985 e. The zero-order valence-corrected chi connectivity index (χ0v) is 11.3. The Labute approximate surface area is 120 Å². The van der Waals surface area contributed by atoms with Crippen LogP contribution in [0, 0.1) is 0 Å². The van der Waals surface area contributed by atoms with Crippen LogP contribution in [0.5, 0.6) is 0 Å². The maximum atomic E-state index is 3.90. The van der Waals surface area contributed by atoms with E-state index in [2.05, 4.69) is 73.3 Å². The second kappa shape index (κ2) is 5.58. The van der Waals surface area contributed by atoms with Gasteiger partial charge in [-0.05, 0) is 46.0 Å². The molecule has 0 saturated carbocycles. The SMILES string of the molecule is C=Cc1cc(-c2ccccc2)cc(-c2ccccc2)c1. The van der Waals surface area contributed by atoms with Gasteiger partial charge in [0.25, 0.3) is 0 Å². The molecule has 3 rings (SSSR count). The third-order valence-electron chi connectivity index (χ3n) is 3.41. The van der Waals surface area contributed by atoms with E-state index in [-0.39, 0.29) is 0 Å². The van der Waals surface area contributed by atoms with Crippen molar-refractivity contribution in [3.05, 3.63) is 91.0 Å². The van der Waals surface area contributed by atoms with E-state index >= 15 is 0 Å². The summed E-state index contributed by atoms with van der Waals surface area (Å²) in [6.07, 6.45) is 1.90. The minimum absolute atomic E-state index is 1.14. The predicted octanol–water partition coefficient (Wildman–Crippen LogP) is 5.66. The molecule has 0 atom stereocenters. The average Bonchev–Trinajstić information content (AvgIpc) is 2.56. The molecule has 0 amide bonds. The first-order chi connectivity index (χ1) is 9.86. The molecule has 0 heteroatoms. The van der Waals surface area contributed by atoms with Crippen LogP contribution < -0.4 is 0 Å². The van der Waals surface area contributed by atoms with Crippen LogP contribution >= 0.6 is 0 Å². The summed E-state index contributed by atoms with van der Waals surface area (Å²) in [7, 11) is 0. The van der Waals surface area contributed by atoms with E-state index in [4.69, 9.17) is 0 Å². The van der Waals surface area contributed by atoms with Crippen molar-refractivity contribution < 1.29 is 0 Å². The highest BCUT2D eigenvalue weighted by atomic mass is 14.1. The van der Waals surface area contributed by atoms with Crippen LogP contribution in [-0.4, -0.2) is 0 Å². The zero-order valence-electron chi connectivity index (χ0n) is 11.3. The molecule has 20 heavy (non-hydrogen) atoms. The normalized spacial score (nSPS) is 10.2. The summed E-state index contributed by atoms with van der Waals surface area (Å²) in [4.78, 5) is 0. The van der Waals surface area contributed by atoms with Crippen LogP contribution in [-0.2, 0) is 0 Å². The monoisotopic (exact) mass is 256 g/mol. The Hall–Kier alpha value is -2.60. The van der Waals surface area contributed by atoms with Crippen LogP contribution in [0.15, 0.2) is 85.4 Å². The molecular weight excluding hydrogens is 240 g/mol. The molecule has 0 bridgehead atoms. The highest BCUT2D eigenvalue weighted by molar-refractivity contribution is 5.76. The molecule has 0 aliphatic carbocycles. The Bertz CT molecular complexity index is 652. The van der Waals surface area contributed by atoms with E-state index in [0.717, 1.165) is 5.56 Å². The summed E-state index contributed by atoms with van der Waals surface area (Å²) in [5.74, 6) is 0. The lowest BCUT2D eigenvalue weighted by Crippen LogP contribution is -1.84. The Kier molecular flexibility index (Phi) is 3.47. The van der Waals surface area contributed by atoms with Gasteiger partial charge in [0, 0.05) is 0 Å². The van der Waals surface area contributed by atoms with E-state index < -0.39 is 0 Å². The number of hydrogen-bond donors (Lipinski definition) is 0. The van der Waals surface area contributed by atoms with Gasteiger partial charge in [-0.1, -0.05) is 73.3 Å². The van der Waals surface area contributed by atoms with Crippen LogP contribution in [0.2, 0.25) is 0 Å². The number of rotatable bonds is 3. The van der Waals surface area contributed by atoms with E-state index in [1.807, 2.05) is 18.2 Å². The smallest absolute Gasteiger partial charge is 0.0172 e. The maximum absolute atomic E-state index is 3.90. The van der Waals surface area contributed by atoms with Crippen LogP contribution in [0.3, 0.4) is 0 Å². The highest BCUT2D eigenvalue weighted by Gasteiger charge is 2.03. The second-order valence-electron chi connectivity index (χ2n) is 4.78. The van der Waals surface area contributed by atoms with E-state index in [1.54, 1.807) is 0 Å². The molecule has 0 spiro atoms. The van der Waals surface area contributed by atoms with Crippen LogP contribution in [0.1, 0.15) is 5.56 Å². The maximum Gasteiger partial charge on any atom is -0.0172 e. The fourth-order valence-electron chi connectivity index (χ4n) is 2.36. The van der Waals surface area contributed by atoms with Crippen molar-refractivity contribution in [3.63, 3.8) is 0 Å². The molecule has 3 aromatic rings. The standard InChI is InChI=1S/C20H16/c1-2-16-13-19(17-9-5-3-6-10-17)15-20(14-16)18-11-7-4-8-12-18/h2-15H,1H2. The Morgan fingerprint density at radius 3 is 1.40 bits per heavy atom. The summed E-state index contributed by atoms with van der Waals surface area (Å²) in [6, 6.07) is 27.5. The summed E-state index contributed by atoms with van der Waals surface area (Å²) in [5.41, 5.74) is 6.05. The van der Waals surface area contributed by atoms with Gasteiger partial charge in [-0.25, -0.2) is 0 Å². The Balaban J connectivity index is 2.15. The highest BCUT2D eigenvalue weighted by Crippen LogP contribution is 2.28. The first kappa shape index (κ1) is 12.4. The van der Waals surface area contributed by atoms with Gasteiger partial charge in [0.15, 0.2) is 0 Å². The van der Waals surface area contributed by atoms with Gasteiger partial charge in [-0.15, -0.1) is 0 Å². The third kappa shape index (κ3) is 2.55. The van der Waals surface area contributed by atoms with Crippen LogP contribution in [0.25, 0.3) is 28.3 Å². The fourth-order valence-corrected chi connectivity index (χ4v) is 2.36. The van der Waals surface area contributed by atoms with Crippen molar-refractivity contribution in [1.29, 1.82) is 0 Å². The van der Waals surface area contributed by atoms with Gasteiger partial charge in [0.1, 0.15) is 0 Å². The zero-order chi connectivity index (χ0) is 13.8. The van der Waals surface area contributed by atoms with Crippen molar-refractivity contribution in [1.82, 2.24) is 0 Å². The quantitative estimate of drug-likeness (QED) is 0.567. The summed E-state index contributed by atoms with van der Waals surface area (Å²) in [6.45, 7) is 3.90. The molecule has 0 unspecified atom stereocenters. The Morgan fingerprint density at radius 1 is 0.550 bits per heavy atom. The van der Waals surface area contributed by atoms with Gasteiger partial charge in [0.05, 0.1) is 0 Å². The molecule has 0 N–H and O–H groups in total. The van der Waals surface area contributed by atoms with Crippen molar-refractivity contribution in [2.75, 3.05) is 0 Å². The lowest BCUT2D eigenvalue weighted by Gasteiger charge is -2.08. The predicted molar refractivity (Wildman–Crippen MR) is 87.4 cm³/mol. The lowest BCUT2D eigenvalue weighted by molar-refractivity contribution is 1.57. The van der Waals surface area contributed by atoms with E-state index in [1.165, 1.54) is 22.3 Å². The lowest BCUT2D eigenvalue weighted by atomic mass is 9.96. The minimum atomic E-state index is 1.14. The van der Waals surface area contributed by atoms with Crippen molar-refractivity contribution in [2.24, 2.45) is 0 Å². The second-order valence-corrected chi connectivity index (χ2v) is 4.78. The summed E-state index contributed by atoms with van der Waals surface area (Å²) >= 11 is 0. The van der Waals surface area contributed by atoms with Crippen molar-refractivity contribution in [3.8, 4) is 22.3 Å². The van der Waals surface area contributed by atoms with E-state index in [9.17, 15) is 0 Å². The van der Waals surface area contributed by atoms with Gasteiger partial charge >= 0.3 is 0 Å². The molecule has 0 saturated heterocycles. The molecule has 0 nitrogen and oxygen atoms in total. The summed E-state index contributed by atoms with van der Waals surface area (Å²) < 4.78 is 0. The van der Waals surface area contributed by atoms with Gasteiger partial charge < -0.3 is 0 Å². The molecule has 0 fully saturated rings. The van der Waals surface area contributed by atoms with Gasteiger partial charge in [0.2, 0.25) is 0 Å². The molecule has 0 aliphatic rings.